The lowest BCUT2D eigenvalue weighted by molar-refractivity contribution is 0.0336. The fraction of sp³-hybridized carbons (Fsp3) is 0.733. The molecule has 0 aliphatic heterocycles. The zero-order valence-corrected chi connectivity index (χ0v) is 10.8. The van der Waals surface area contributed by atoms with Crippen molar-refractivity contribution in [2.45, 2.75) is 58.5 Å². The molecular weight excluding hydrogens is 196 g/mol. The fourth-order valence-electron chi connectivity index (χ4n) is 2.43. The van der Waals surface area contributed by atoms with Crippen LogP contribution in [0.15, 0.2) is 24.3 Å². The van der Waals surface area contributed by atoms with E-state index < -0.39 is 0 Å². The van der Waals surface area contributed by atoms with Gasteiger partial charge < -0.3 is 4.74 Å². The maximum Gasteiger partial charge on any atom is 0.0654 e. The highest BCUT2D eigenvalue weighted by molar-refractivity contribution is 5.01. The molecule has 0 aromatic rings. The summed E-state index contributed by atoms with van der Waals surface area (Å²) in [6.45, 7) is 5.09. The summed E-state index contributed by atoms with van der Waals surface area (Å²) in [5.41, 5.74) is 0. The highest BCUT2D eigenvalue weighted by Crippen LogP contribution is 2.29. The average Bonchev–Trinajstić information content (AvgIpc) is 2.31. The van der Waals surface area contributed by atoms with Gasteiger partial charge in [-0.15, -0.1) is 0 Å². The van der Waals surface area contributed by atoms with Gasteiger partial charge in [0.2, 0.25) is 0 Å². The molecule has 1 nitrogen and oxygen atoms in total. The van der Waals surface area contributed by atoms with Crippen LogP contribution in [0.5, 0.6) is 0 Å². The van der Waals surface area contributed by atoms with Crippen LogP contribution in [0.2, 0.25) is 0 Å². The lowest BCUT2D eigenvalue weighted by Crippen LogP contribution is -2.21. The van der Waals surface area contributed by atoms with Crippen molar-refractivity contribution in [2.24, 2.45) is 5.92 Å². The summed E-state index contributed by atoms with van der Waals surface area (Å²) in [4.78, 5) is 0. The Labute approximate surface area is 101 Å². The van der Waals surface area contributed by atoms with Crippen LogP contribution in [0.1, 0.15) is 52.4 Å². The van der Waals surface area contributed by atoms with Crippen molar-refractivity contribution in [1.82, 2.24) is 0 Å². The molecule has 1 heteroatoms. The number of hydrogen-bond acceptors (Lipinski definition) is 1. The van der Waals surface area contributed by atoms with E-state index in [1.165, 1.54) is 38.5 Å². The molecule has 0 saturated heterocycles. The second-order valence-electron chi connectivity index (χ2n) is 4.72. The van der Waals surface area contributed by atoms with Crippen LogP contribution in [0.4, 0.5) is 0 Å². The van der Waals surface area contributed by atoms with Gasteiger partial charge in [-0.1, -0.05) is 44.1 Å². The molecule has 0 heterocycles. The van der Waals surface area contributed by atoms with E-state index in [1.807, 2.05) is 19.1 Å². The smallest absolute Gasteiger partial charge is 0.0654 e. The maximum absolute atomic E-state index is 5.84. The summed E-state index contributed by atoms with van der Waals surface area (Å²) < 4.78 is 5.84. The zero-order chi connectivity index (χ0) is 11.6. The SMILES string of the molecule is CC=CC=CCOC1CCC(CCC)CC1. The molecule has 0 radical (unpaired) electrons. The Bertz CT molecular complexity index is 209. The van der Waals surface area contributed by atoms with E-state index in [0.29, 0.717) is 6.10 Å². The van der Waals surface area contributed by atoms with Crippen molar-refractivity contribution in [1.29, 1.82) is 0 Å². The summed E-state index contributed by atoms with van der Waals surface area (Å²) in [6.07, 6.45) is 16.8. The lowest BCUT2D eigenvalue weighted by Gasteiger charge is -2.28. The summed E-state index contributed by atoms with van der Waals surface area (Å²) >= 11 is 0. The third-order valence-electron chi connectivity index (χ3n) is 3.36. The lowest BCUT2D eigenvalue weighted by atomic mass is 9.85. The van der Waals surface area contributed by atoms with Gasteiger partial charge in [-0.2, -0.15) is 0 Å². The summed E-state index contributed by atoms with van der Waals surface area (Å²) in [6, 6.07) is 0. The Morgan fingerprint density at radius 2 is 1.88 bits per heavy atom. The Hall–Kier alpha value is -0.560. The van der Waals surface area contributed by atoms with Crippen LogP contribution in [-0.4, -0.2) is 12.7 Å². The van der Waals surface area contributed by atoms with Gasteiger partial charge in [0, 0.05) is 0 Å². The minimum atomic E-state index is 0.517. The van der Waals surface area contributed by atoms with Crippen LogP contribution < -0.4 is 0 Å². The second kappa shape index (κ2) is 8.58. The Balaban J connectivity index is 2.08. The monoisotopic (exact) mass is 222 g/mol. The standard InChI is InChI=1S/C15H26O/c1-3-5-6-7-13-16-15-11-9-14(8-4-2)10-12-15/h3,5-7,14-15H,4,8-13H2,1-2H3. The van der Waals surface area contributed by atoms with Gasteiger partial charge in [0.1, 0.15) is 0 Å². The molecule has 0 unspecified atom stereocenters. The van der Waals surface area contributed by atoms with Crippen LogP contribution in [-0.2, 0) is 4.74 Å². The first-order chi connectivity index (χ1) is 7.86. The largest absolute Gasteiger partial charge is 0.374 e. The normalized spacial score (nSPS) is 26.9. The van der Waals surface area contributed by atoms with Crippen LogP contribution in [0.25, 0.3) is 0 Å². The van der Waals surface area contributed by atoms with E-state index in [-0.39, 0.29) is 0 Å². The number of ether oxygens (including phenoxy) is 1. The van der Waals surface area contributed by atoms with Gasteiger partial charge in [0.05, 0.1) is 12.7 Å². The zero-order valence-electron chi connectivity index (χ0n) is 10.8. The first kappa shape index (κ1) is 13.5. The Morgan fingerprint density at radius 1 is 1.12 bits per heavy atom. The third-order valence-corrected chi connectivity index (χ3v) is 3.36. The number of hydrogen-bond donors (Lipinski definition) is 0. The van der Waals surface area contributed by atoms with Gasteiger partial charge >= 0.3 is 0 Å². The minimum Gasteiger partial charge on any atom is -0.374 e. The molecule has 0 spiro atoms. The van der Waals surface area contributed by atoms with E-state index in [2.05, 4.69) is 19.1 Å². The molecule has 0 atom stereocenters. The fourth-order valence-corrected chi connectivity index (χ4v) is 2.43. The number of rotatable bonds is 6. The molecule has 1 aliphatic rings. The molecule has 1 fully saturated rings. The van der Waals surface area contributed by atoms with Crippen molar-refractivity contribution in [3.05, 3.63) is 24.3 Å². The first-order valence-corrected chi connectivity index (χ1v) is 6.76. The van der Waals surface area contributed by atoms with Crippen molar-refractivity contribution >= 4 is 0 Å². The Morgan fingerprint density at radius 3 is 2.50 bits per heavy atom. The molecule has 0 amide bonds. The predicted octanol–water partition coefficient (Wildman–Crippen LogP) is 4.49. The molecule has 0 N–H and O–H groups in total. The summed E-state index contributed by atoms with van der Waals surface area (Å²) in [5, 5.41) is 0. The first-order valence-electron chi connectivity index (χ1n) is 6.76. The molecule has 1 saturated carbocycles. The molecule has 0 aromatic carbocycles. The van der Waals surface area contributed by atoms with Gasteiger partial charge in [0.15, 0.2) is 0 Å². The van der Waals surface area contributed by atoms with Gasteiger partial charge in [0.25, 0.3) is 0 Å². The third kappa shape index (κ3) is 5.50. The topological polar surface area (TPSA) is 9.23 Å². The molecule has 92 valence electrons. The van der Waals surface area contributed by atoms with Crippen molar-refractivity contribution in [2.75, 3.05) is 6.61 Å². The highest BCUT2D eigenvalue weighted by Gasteiger charge is 2.20. The molecule has 1 aliphatic carbocycles. The van der Waals surface area contributed by atoms with E-state index in [0.717, 1.165) is 12.5 Å². The van der Waals surface area contributed by atoms with Crippen LogP contribution in [0.3, 0.4) is 0 Å². The molecule has 0 aromatic heterocycles. The van der Waals surface area contributed by atoms with Crippen molar-refractivity contribution in [3.63, 3.8) is 0 Å². The summed E-state index contributed by atoms with van der Waals surface area (Å²) in [5.74, 6) is 0.975. The number of allylic oxidation sites excluding steroid dienone is 3. The Kier molecular flexibility index (Phi) is 7.24. The molecule has 1 rings (SSSR count). The molecular formula is C15H26O. The highest BCUT2D eigenvalue weighted by atomic mass is 16.5. The van der Waals surface area contributed by atoms with E-state index in [4.69, 9.17) is 4.74 Å². The quantitative estimate of drug-likeness (QED) is 0.601. The van der Waals surface area contributed by atoms with Gasteiger partial charge in [-0.25, -0.2) is 0 Å². The van der Waals surface area contributed by atoms with Gasteiger partial charge in [-0.05, 0) is 38.5 Å². The predicted molar refractivity (Wildman–Crippen MR) is 70.6 cm³/mol. The van der Waals surface area contributed by atoms with Crippen molar-refractivity contribution in [3.8, 4) is 0 Å². The molecule has 16 heavy (non-hydrogen) atoms. The average molecular weight is 222 g/mol. The van der Waals surface area contributed by atoms with Crippen LogP contribution >= 0.6 is 0 Å². The summed E-state index contributed by atoms with van der Waals surface area (Å²) in [7, 11) is 0. The second-order valence-corrected chi connectivity index (χ2v) is 4.72. The molecule has 0 bridgehead atoms. The van der Waals surface area contributed by atoms with E-state index in [1.54, 1.807) is 0 Å². The van der Waals surface area contributed by atoms with Crippen molar-refractivity contribution < 1.29 is 4.74 Å². The van der Waals surface area contributed by atoms with Crippen LogP contribution in [0, 0.1) is 5.92 Å². The minimum absolute atomic E-state index is 0.517. The van der Waals surface area contributed by atoms with Gasteiger partial charge in [-0.3, -0.25) is 0 Å². The maximum atomic E-state index is 5.84. The van der Waals surface area contributed by atoms with E-state index in [9.17, 15) is 0 Å². The van der Waals surface area contributed by atoms with E-state index >= 15 is 0 Å².